The minimum atomic E-state index is -0.594. The van der Waals surface area contributed by atoms with Crippen molar-refractivity contribution >= 4 is 27.5 Å². The summed E-state index contributed by atoms with van der Waals surface area (Å²) in [5.41, 5.74) is 1.80. The van der Waals surface area contributed by atoms with Crippen LogP contribution in [0.5, 0.6) is 6.01 Å². The van der Waals surface area contributed by atoms with Gasteiger partial charge in [0.15, 0.2) is 5.82 Å². The Morgan fingerprint density at radius 1 is 1.11 bits per heavy atom. The van der Waals surface area contributed by atoms with Gasteiger partial charge in [-0.25, -0.2) is 8.78 Å². The third-order valence-electron chi connectivity index (χ3n) is 9.65. The Kier molecular flexibility index (Phi) is 7.59. The fraction of sp³-hybridized carbons (Fsp3) is 0.457. The summed E-state index contributed by atoms with van der Waals surface area (Å²) in [5.74, 6) is 5.23. The summed E-state index contributed by atoms with van der Waals surface area (Å²) in [4.78, 5) is 18.8. The van der Waals surface area contributed by atoms with Gasteiger partial charge in [0.05, 0.1) is 29.7 Å². The molecule has 0 amide bonds. The van der Waals surface area contributed by atoms with Crippen molar-refractivity contribution < 1.29 is 18.3 Å². The number of halogens is 2. The van der Waals surface area contributed by atoms with Crippen molar-refractivity contribution in [3.63, 3.8) is 0 Å². The Morgan fingerprint density at radius 2 is 1.95 bits per heavy atom. The van der Waals surface area contributed by atoms with Crippen LogP contribution in [-0.4, -0.2) is 70.9 Å². The number of hydrogen-bond acceptors (Lipinski definition) is 7. The second-order valence-electron chi connectivity index (χ2n) is 12.2. The fourth-order valence-electron chi connectivity index (χ4n) is 7.55. The highest BCUT2D eigenvalue weighted by atomic mass is 19.1. The molecule has 4 aromatic rings. The molecule has 2 atom stereocenters. The quantitative estimate of drug-likeness (QED) is 0.238. The summed E-state index contributed by atoms with van der Waals surface area (Å²) in [6.45, 7) is 9.72. The lowest BCUT2D eigenvalue weighted by atomic mass is 9.94. The molecule has 3 aliphatic rings. The summed E-state index contributed by atoms with van der Waals surface area (Å²) in [7, 11) is 0. The number of anilines is 1. The lowest BCUT2D eigenvalue weighted by Gasteiger charge is -2.34. The van der Waals surface area contributed by atoms with Gasteiger partial charge in [-0.05, 0) is 75.6 Å². The van der Waals surface area contributed by atoms with Gasteiger partial charge in [-0.15, -0.1) is 5.92 Å². The van der Waals surface area contributed by atoms with E-state index in [1.54, 1.807) is 19.2 Å². The van der Waals surface area contributed by atoms with Crippen LogP contribution < -0.4 is 9.64 Å². The summed E-state index contributed by atoms with van der Waals surface area (Å²) in [5, 5.41) is 1.80. The SMILES string of the molecule is CC#Cc1c(F)ccc2cc(C)cc(-c3ncc4c(N5CCOCC5)nc(OC[C@@]56CCCN5[C@H](CC)CC6)nc4c3F)c12. The molecule has 0 spiro atoms. The van der Waals surface area contributed by atoms with Gasteiger partial charge in [-0.1, -0.05) is 25.0 Å². The molecule has 0 saturated carbocycles. The second-order valence-corrected chi connectivity index (χ2v) is 12.2. The Labute approximate surface area is 256 Å². The molecule has 3 aliphatic heterocycles. The number of rotatable bonds is 6. The minimum Gasteiger partial charge on any atom is -0.461 e. The number of nitrogens with zero attached hydrogens (tertiary/aromatic N) is 5. The van der Waals surface area contributed by atoms with Crippen LogP contribution in [0, 0.1) is 30.4 Å². The van der Waals surface area contributed by atoms with E-state index in [9.17, 15) is 0 Å². The summed E-state index contributed by atoms with van der Waals surface area (Å²) in [6.07, 6.45) is 7.22. The minimum absolute atomic E-state index is 0.0265. The first-order valence-corrected chi connectivity index (χ1v) is 15.7. The number of ether oxygens (including phenoxy) is 2. The number of hydrogen-bond donors (Lipinski definition) is 0. The van der Waals surface area contributed by atoms with Crippen LogP contribution in [0.15, 0.2) is 30.5 Å². The molecule has 0 bridgehead atoms. The van der Waals surface area contributed by atoms with Crippen LogP contribution in [0.3, 0.4) is 0 Å². The lowest BCUT2D eigenvalue weighted by molar-refractivity contribution is 0.0835. The molecule has 2 aromatic heterocycles. The van der Waals surface area contributed by atoms with Crippen LogP contribution in [0.2, 0.25) is 0 Å². The Morgan fingerprint density at radius 3 is 2.75 bits per heavy atom. The molecule has 0 unspecified atom stereocenters. The average Bonchev–Trinajstić information content (AvgIpc) is 3.61. The predicted molar refractivity (Wildman–Crippen MR) is 168 cm³/mol. The molecule has 0 aliphatic carbocycles. The Balaban J connectivity index is 1.37. The maximum Gasteiger partial charge on any atom is 0.319 e. The van der Waals surface area contributed by atoms with Gasteiger partial charge in [0.1, 0.15) is 29.5 Å². The van der Waals surface area contributed by atoms with E-state index in [0.29, 0.717) is 61.1 Å². The molecule has 2 aromatic carbocycles. The van der Waals surface area contributed by atoms with E-state index in [1.807, 2.05) is 19.1 Å². The normalized spacial score (nSPS) is 21.9. The third kappa shape index (κ3) is 4.85. The molecule has 0 radical (unpaired) electrons. The third-order valence-corrected chi connectivity index (χ3v) is 9.65. The van der Waals surface area contributed by atoms with Gasteiger partial charge in [0.2, 0.25) is 0 Å². The van der Waals surface area contributed by atoms with Gasteiger partial charge in [0, 0.05) is 36.3 Å². The average molecular weight is 598 g/mol. The van der Waals surface area contributed by atoms with Crippen LogP contribution in [0.1, 0.15) is 57.1 Å². The van der Waals surface area contributed by atoms with Crippen molar-refractivity contribution in [3.8, 4) is 29.1 Å². The molecular weight excluding hydrogens is 560 g/mol. The summed E-state index contributed by atoms with van der Waals surface area (Å²) in [6, 6.07) is 7.61. The zero-order valence-electron chi connectivity index (χ0n) is 25.6. The van der Waals surface area contributed by atoms with Crippen molar-refractivity contribution in [1.29, 1.82) is 0 Å². The molecular formula is C35H37F2N5O2. The van der Waals surface area contributed by atoms with Crippen LogP contribution in [0.25, 0.3) is 32.9 Å². The molecule has 0 N–H and O–H groups in total. The van der Waals surface area contributed by atoms with Gasteiger partial charge in [-0.2, -0.15) is 9.97 Å². The highest BCUT2D eigenvalue weighted by Crippen LogP contribution is 2.44. The molecule has 9 heteroatoms. The number of aromatic nitrogens is 3. The molecule has 228 valence electrons. The topological polar surface area (TPSA) is 63.6 Å². The second kappa shape index (κ2) is 11.6. The number of aryl methyl sites for hydroxylation is 1. The highest BCUT2D eigenvalue weighted by molar-refractivity contribution is 6.02. The smallest absolute Gasteiger partial charge is 0.319 e. The van der Waals surface area contributed by atoms with Gasteiger partial charge < -0.3 is 14.4 Å². The standard InChI is InChI=1S/C35H37F2N5O2/c1-4-7-25-28(36)9-8-23-18-22(3)19-26(29(23)25)31-30(37)32-27(20-38-31)33(41-14-16-43-17-15-41)40-34(39-32)44-21-35-11-6-13-42(35)24(5-2)10-12-35/h8-9,18-20,24H,5-6,10-17,21H2,1-3H3/t24-,35+/m1/s1. The predicted octanol–water partition coefficient (Wildman–Crippen LogP) is 6.43. The van der Waals surface area contributed by atoms with Crippen LogP contribution >= 0.6 is 0 Å². The first-order chi connectivity index (χ1) is 21.4. The Bertz CT molecular complexity index is 1810. The van der Waals surface area contributed by atoms with Crippen molar-refractivity contribution in [1.82, 2.24) is 19.9 Å². The van der Waals surface area contributed by atoms with Gasteiger partial charge >= 0.3 is 6.01 Å². The van der Waals surface area contributed by atoms with Crippen molar-refractivity contribution in [2.45, 2.75) is 64.5 Å². The zero-order valence-corrected chi connectivity index (χ0v) is 25.6. The van der Waals surface area contributed by atoms with E-state index in [-0.39, 0.29) is 28.3 Å². The van der Waals surface area contributed by atoms with E-state index in [1.165, 1.54) is 6.07 Å². The molecule has 7 nitrogen and oxygen atoms in total. The number of morpholine rings is 1. The maximum atomic E-state index is 16.8. The van der Waals surface area contributed by atoms with Gasteiger partial charge in [-0.3, -0.25) is 9.88 Å². The first-order valence-electron chi connectivity index (χ1n) is 15.7. The number of fused-ring (bicyclic) bond motifs is 3. The van der Waals surface area contributed by atoms with E-state index in [2.05, 4.69) is 38.5 Å². The molecule has 44 heavy (non-hydrogen) atoms. The largest absolute Gasteiger partial charge is 0.461 e. The van der Waals surface area contributed by atoms with Crippen molar-refractivity contribution in [2.24, 2.45) is 0 Å². The first kappa shape index (κ1) is 28.9. The van der Waals surface area contributed by atoms with Crippen molar-refractivity contribution in [3.05, 3.63) is 53.2 Å². The van der Waals surface area contributed by atoms with Crippen molar-refractivity contribution in [2.75, 3.05) is 44.4 Å². The monoisotopic (exact) mass is 597 g/mol. The lowest BCUT2D eigenvalue weighted by Crippen LogP contribution is -2.46. The van der Waals surface area contributed by atoms with E-state index >= 15 is 8.78 Å². The number of benzene rings is 2. The maximum absolute atomic E-state index is 16.8. The summed E-state index contributed by atoms with van der Waals surface area (Å²) < 4.78 is 43.9. The molecule has 7 rings (SSSR count). The van der Waals surface area contributed by atoms with Gasteiger partial charge in [0.25, 0.3) is 0 Å². The van der Waals surface area contributed by atoms with E-state index < -0.39 is 11.6 Å². The fourth-order valence-corrected chi connectivity index (χ4v) is 7.55. The highest BCUT2D eigenvalue weighted by Gasteiger charge is 2.49. The zero-order chi connectivity index (χ0) is 30.4. The van der Waals surface area contributed by atoms with Crippen LogP contribution in [-0.2, 0) is 4.74 Å². The number of pyridine rings is 1. The molecule has 3 saturated heterocycles. The van der Waals surface area contributed by atoms with E-state index in [4.69, 9.17) is 14.5 Å². The molecule has 5 heterocycles. The summed E-state index contributed by atoms with van der Waals surface area (Å²) >= 11 is 0. The molecule has 3 fully saturated rings. The van der Waals surface area contributed by atoms with E-state index in [0.717, 1.165) is 49.6 Å². The Hall–Kier alpha value is -3.87. The van der Waals surface area contributed by atoms with Crippen LogP contribution in [0.4, 0.5) is 14.6 Å².